The molecule has 0 saturated carbocycles. The van der Waals surface area contributed by atoms with E-state index in [-0.39, 0.29) is 5.91 Å². The maximum atomic E-state index is 13.1. The third kappa shape index (κ3) is 5.59. The van der Waals surface area contributed by atoms with Gasteiger partial charge in [0.2, 0.25) is 0 Å². The molecule has 0 unspecified atom stereocenters. The van der Waals surface area contributed by atoms with E-state index in [0.29, 0.717) is 5.75 Å². The Morgan fingerprint density at radius 3 is 2.63 bits per heavy atom. The van der Waals surface area contributed by atoms with Crippen LogP contribution < -0.4 is 0 Å². The van der Waals surface area contributed by atoms with Gasteiger partial charge in [-0.2, -0.15) is 0 Å². The minimum atomic E-state index is 0.135. The number of aromatic nitrogens is 1. The molecule has 1 aromatic heterocycles. The van der Waals surface area contributed by atoms with Crippen LogP contribution in [-0.2, 0) is 5.75 Å². The summed E-state index contributed by atoms with van der Waals surface area (Å²) in [6.45, 7) is 11.1. The van der Waals surface area contributed by atoms with Crippen molar-refractivity contribution in [2.45, 2.75) is 37.8 Å². The van der Waals surface area contributed by atoms with Gasteiger partial charge in [0.15, 0.2) is 0 Å². The lowest BCUT2D eigenvalue weighted by Crippen LogP contribution is -2.49. The molecule has 146 valence electrons. The van der Waals surface area contributed by atoms with Crippen LogP contribution >= 0.6 is 11.8 Å². The summed E-state index contributed by atoms with van der Waals surface area (Å²) in [5.74, 6) is 2.37. The number of aryl methyl sites for hydroxylation is 1. The lowest BCUT2D eigenvalue weighted by atomic mass is 10.1. The van der Waals surface area contributed by atoms with Gasteiger partial charge in [-0.25, -0.2) is 0 Å². The molecule has 2 aromatic rings. The van der Waals surface area contributed by atoms with E-state index < -0.39 is 0 Å². The zero-order valence-corrected chi connectivity index (χ0v) is 17.3. The predicted molar refractivity (Wildman–Crippen MR) is 109 cm³/mol. The van der Waals surface area contributed by atoms with E-state index in [1.165, 1.54) is 6.42 Å². The van der Waals surface area contributed by atoms with Crippen molar-refractivity contribution < 1.29 is 9.32 Å². The van der Waals surface area contributed by atoms with Crippen LogP contribution in [0, 0.1) is 12.8 Å². The number of thioether (sulfide) groups is 1. The van der Waals surface area contributed by atoms with Crippen LogP contribution in [0.15, 0.2) is 39.8 Å². The maximum Gasteiger partial charge on any atom is 0.255 e. The molecule has 1 amide bonds. The van der Waals surface area contributed by atoms with Crippen LogP contribution in [0.1, 0.15) is 42.1 Å². The average Bonchev–Trinajstić information content (AvgIpc) is 3.10. The summed E-state index contributed by atoms with van der Waals surface area (Å²) in [7, 11) is 0. The Bertz CT molecular complexity index is 751. The second kappa shape index (κ2) is 9.42. The van der Waals surface area contributed by atoms with Gasteiger partial charge in [0.25, 0.3) is 5.91 Å². The van der Waals surface area contributed by atoms with E-state index in [0.717, 1.165) is 60.6 Å². The van der Waals surface area contributed by atoms with E-state index in [1.54, 1.807) is 11.8 Å². The summed E-state index contributed by atoms with van der Waals surface area (Å²) in [5, 5.41) is 3.92. The number of benzene rings is 1. The van der Waals surface area contributed by atoms with Crippen LogP contribution in [0.2, 0.25) is 0 Å². The second-order valence-corrected chi connectivity index (χ2v) is 8.55. The minimum absolute atomic E-state index is 0.135. The number of hydrogen-bond acceptors (Lipinski definition) is 5. The van der Waals surface area contributed by atoms with Crippen molar-refractivity contribution in [1.29, 1.82) is 0 Å². The molecule has 1 aliphatic heterocycles. The van der Waals surface area contributed by atoms with Gasteiger partial charge >= 0.3 is 0 Å². The first-order valence-electron chi connectivity index (χ1n) is 9.68. The highest BCUT2D eigenvalue weighted by Gasteiger charge is 2.23. The van der Waals surface area contributed by atoms with Crippen LogP contribution in [0.4, 0.5) is 0 Å². The largest absolute Gasteiger partial charge is 0.360 e. The fourth-order valence-corrected chi connectivity index (χ4v) is 4.11. The summed E-state index contributed by atoms with van der Waals surface area (Å²) in [6, 6.07) is 9.80. The first-order valence-corrected chi connectivity index (χ1v) is 10.7. The summed E-state index contributed by atoms with van der Waals surface area (Å²) in [4.78, 5) is 18.5. The van der Waals surface area contributed by atoms with Crippen LogP contribution in [-0.4, -0.2) is 53.6 Å². The van der Waals surface area contributed by atoms with Gasteiger partial charge in [-0.15, -0.1) is 11.8 Å². The van der Waals surface area contributed by atoms with Gasteiger partial charge in [0.05, 0.1) is 17.0 Å². The fourth-order valence-electron chi connectivity index (χ4n) is 3.19. The smallest absolute Gasteiger partial charge is 0.255 e. The van der Waals surface area contributed by atoms with Crippen molar-refractivity contribution in [2.24, 2.45) is 5.92 Å². The van der Waals surface area contributed by atoms with Gasteiger partial charge in [-0.1, -0.05) is 31.1 Å². The zero-order valence-electron chi connectivity index (χ0n) is 16.5. The lowest BCUT2D eigenvalue weighted by molar-refractivity contribution is 0.0628. The van der Waals surface area contributed by atoms with Gasteiger partial charge < -0.3 is 9.42 Å². The summed E-state index contributed by atoms with van der Waals surface area (Å²) in [5.41, 5.74) is 1.67. The maximum absolute atomic E-state index is 13.1. The van der Waals surface area contributed by atoms with Gasteiger partial charge in [-0.05, 0) is 37.9 Å². The lowest BCUT2D eigenvalue weighted by Gasteiger charge is -2.35. The number of carbonyl (C=O) groups excluding carboxylic acids is 1. The molecule has 0 N–H and O–H groups in total. The van der Waals surface area contributed by atoms with E-state index in [2.05, 4.69) is 23.9 Å². The third-order valence-electron chi connectivity index (χ3n) is 4.85. The van der Waals surface area contributed by atoms with Crippen LogP contribution in [0.25, 0.3) is 0 Å². The topological polar surface area (TPSA) is 49.6 Å². The van der Waals surface area contributed by atoms with Gasteiger partial charge in [-0.3, -0.25) is 9.69 Å². The van der Waals surface area contributed by atoms with Crippen molar-refractivity contribution in [3.8, 4) is 0 Å². The first kappa shape index (κ1) is 20.0. The van der Waals surface area contributed by atoms with Gasteiger partial charge in [0.1, 0.15) is 5.76 Å². The van der Waals surface area contributed by atoms with Crippen LogP contribution in [0.3, 0.4) is 0 Å². The summed E-state index contributed by atoms with van der Waals surface area (Å²) in [6.07, 6.45) is 1.22. The highest BCUT2D eigenvalue weighted by Crippen LogP contribution is 2.27. The second-order valence-electron chi connectivity index (χ2n) is 7.54. The molecule has 0 spiro atoms. The molecule has 6 heteroatoms. The fraction of sp³-hybridized carbons (Fsp3) is 0.524. The zero-order chi connectivity index (χ0) is 19.2. The first-order chi connectivity index (χ1) is 13.0. The van der Waals surface area contributed by atoms with E-state index in [1.807, 2.05) is 42.2 Å². The van der Waals surface area contributed by atoms with Crippen molar-refractivity contribution in [1.82, 2.24) is 15.0 Å². The van der Waals surface area contributed by atoms with E-state index >= 15 is 0 Å². The molecule has 1 saturated heterocycles. The molecular formula is C21H29N3O2S. The highest BCUT2D eigenvalue weighted by atomic mass is 32.2. The standard InChI is InChI=1S/C21H29N3O2S/c1-16(2)8-9-23-10-12-24(13-11-23)21(25)19-6-4-5-7-20(19)27-15-18-14-17(3)22-26-18/h4-7,14,16H,8-13,15H2,1-3H3. The Balaban J connectivity index is 1.58. The molecule has 1 aliphatic rings. The Labute approximate surface area is 166 Å². The number of hydrogen-bond donors (Lipinski definition) is 0. The molecule has 27 heavy (non-hydrogen) atoms. The molecule has 0 bridgehead atoms. The van der Waals surface area contributed by atoms with Gasteiger partial charge in [0, 0.05) is 37.1 Å². The van der Waals surface area contributed by atoms with Crippen LogP contribution in [0.5, 0.6) is 0 Å². The van der Waals surface area contributed by atoms with Crippen molar-refractivity contribution in [3.05, 3.63) is 47.3 Å². The number of nitrogens with zero attached hydrogens (tertiary/aromatic N) is 3. The summed E-state index contributed by atoms with van der Waals surface area (Å²) < 4.78 is 5.28. The monoisotopic (exact) mass is 387 g/mol. The Morgan fingerprint density at radius 2 is 1.96 bits per heavy atom. The summed E-state index contributed by atoms with van der Waals surface area (Å²) >= 11 is 1.63. The van der Waals surface area contributed by atoms with E-state index in [9.17, 15) is 4.79 Å². The molecular weight excluding hydrogens is 358 g/mol. The molecule has 1 aromatic carbocycles. The van der Waals surface area contributed by atoms with E-state index in [4.69, 9.17) is 4.52 Å². The number of amides is 1. The predicted octanol–water partition coefficient (Wildman–Crippen LogP) is 4.08. The third-order valence-corrected chi connectivity index (χ3v) is 5.94. The molecule has 0 aliphatic carbocycles. The number of piperazine rings is 1. The quantitative estimate of drug-likeness (QED) is 0.670. The average molecular weight is 388 g/mol. The highest BCUT2D eigenvalue weighted by molar-refractivity contribution is 7.98. The molecule has 5 nitrogen and oxygen atoms in total. The molecule has 0 atom stereocenters. The van der Waals surface area contributed by atoms with Crippen molar-refractivity contribution in [2.75, 3.05) is 32.7 Å². The molecule has 1 fully saturated rings. The Hall–Kier alpha value is -1.79. The normalized spacial score (nSPS) is 15.5. The Kier molecular flexibility index (Phi) is 6.96. The van der Waals surface area contributed by atoms with Crippen molar-refractivity contribution in [3.63, 3.8) is 0 Å². The molecule has 2 heterocycles. The Morgan fingerprint density at radius 1 is 1.22 bits per heavy atom. The molecule has 3 rings (SSSR count). The molecule has 0 radical (unpaired) electrons. The SMILES string of the molecule is Cc1cc(CSc2ccccc2C(=O)N2CCN(CCC(C)C)CC2)on1. The number of rotatable bonds is 7. The minimum Gasteiger partial charge on any atom is -0.360 e. The number of carbonyl (C=O) groups is 1. The van der Waals surface area contributed by atoms with Crippen molar-refractivity contribution >= 4 is 17.7 Å².